The summed E-state index contributed by atoms with van der Waals surface area (Å²) in [4.78, 5) is 7.86. The van der Waals surface area contributed by atoms with E-state index in [0.717, 1.165) is 17.5 Å². The summed E-state index contributed by atoms with van der Waals surface area (Å²) in [6.45, 7) is 4.36. The minimum atomic E-state index is -4.52. The van der Waals surface area contributed by atoms with Crippen LogP contribution in [-0.2, 0) is 6.18 Å². The van der Waals surface area contributed by atoms with Gasteiger partial charge in [-0.2, -0.15) is 18.3 Å². The Kier molecular flexibility index (Phi) is 4.52. The van der Waals surface area contributed by atoms with Gasteiger partial charge in [-0.05, 0) is 25.1 Å². The molecule has 1 aliphatic rings. The Bertz CT molecular complexity index is 993. The Morgan fingerprint density at radius 1 is 1.07 bits per heavy atom. The van der Waals surface area contributed by atoms with Crippen molar-refractivity contribution < 1.29 is 17.9 Å². The lowest BCUT2D eigenvalue weighted by molar-refractivity contribution is -0.140. The molecule has 1 fully saturated rings. The lowest BCUT2D eigenvalue weighted by Gasteiger charge is -2.37. The first-order chi connectivity index (χ1) is 13.4. The number of H-pyrrole nitrogens is 1. The molecule has 0 aliphatic carbocycles. The van der Waals surface area contributed by atoms with Crippen molar-refractivity contribution in [3.8, 4) is 5.75 Å². The summed E-state index contributed by atoms with van der Waals surface area (Å²) in [6, 6.07) is 8.91. The Morgan fingerprint density at radius 2 is 1.79 bits per heavy atom. The molecule has 148 valence electrons. The van der Waals surface area contributed by atoms with E-state index >= 15 is 0 Å². The average Bonchev–Trinajstić information content (AvgIpc) is 3.08. The van der Waals surface area contributed by atoms with Gasteiger partial charge in [0.1, 0.15) is 11.4 Å². The number of nitrogens with zero attached hydrogens (tertiary/aromatic N) is 4. The van der Waals surface area contributed by atoms with Crippen molar-refractivity contribution in [2.75, 3.05) is 43.1 Å². The van der Waals surface area contributed by atoms with Crippen LogP contribution < -0.4 is 14.5 Å². The van der Waals surface area contributed by atoms with Crippen LogP contribution in [0.15, 0.2) is 30.3 Å². The quantitative estimate of drug-likeness (QED) is 0.739. The van der Waals surface area contributed by atoms with Gasteiger partial charge in [0, 0.05) is 43.6 Å². The predicted octanol–water partition coefficient (Wildman–Crippen LogP) is 3.62. The number of benzene rings is 1. The molecule has 4 rings (SSSR count). The van der Waals surface area contributed by atoms with Crippen LogP contribution in [0.2, 0.25) is 0 Å². The number of aryl methyl sites for hydroxylation is 1. The number of nitrogens with one attached hydrogen (secondary N) is 1. The van der Waals surface area contributed by atoms with Gasteiger partial charge >= 0.3 is 6.18 Å². The SMILES string of the molecule is COc1cccc(N2CCN(c3cc(C(F)(F)F)nc4n[nH]c(C)c34)CC2)c1. The highest BCUT2D eigenvalue weighted by atomic mass is 19.4. The van der Waals surface area contributed by atoms with E-state index in [4.69, 9.17) is 4.74 Å². The summed E-state index contributed by atoms with van der Waals surface area (Å²) < 4.78 is 45.1. The Labute approximate surface area is 159 Å². The van der Waals surface area contributed by atoms with Crippen LogP contribution >= 0.6 is 0 Å². The average molecular weight is 391 g/mol. The number of anilines is 2. The molecule has 0 amide bonds. The zero-order valence-electron chi connectivity index (χ0n) is 15.5. The van der Waals surface area contributed by atoms with Gasteiger partial charge in [-0.25, -0.2) is 4.98 Å². The van der Waals surface area contributed by atoms with Crippen LogP contribution in [0.1, 0.15) is 11.4 Å². The summed E-state index contributed by atoms with van der Waals surface area (Å²) in [6.07, 6.45) is -4.52. The van der Waals surface area contributed by atoms with Crippen molar-refractivity contribution in [3.63, 3.8) is 0 Å². The molecule has 3 aromatic rings. The molecule has 0 radical (unpaired) electrons. The Hall–Kier alpha value is -2.97. The number of hydrogen-bond donors (Lipinski definition) is 1. The van der Waals surface area contributed by atoms with Gasteiger partial charge < -0.3 is 14.5 Å². The van der Waals surface area contributed by atoms with Crippen LogP contribution in [0.4, 0.5) is 24.5 Å². The fourth-order valence-corrected chi connectivity index (χ4v) is 3.56. The van der Waals surface area contributed by atoms with Gasteiger partial charge in [0.2, 0.25) is 0 Å². The highest BCUT2D eigenvalue weighted by Crippen LogP contribution is 2.36. The van der Waals surface area contributed by atoms with E-state index in [1.165, 1.54) is 0 Å². The zero-order valence-corrected chi connectivity index (χ0v) is 15.5. The third-order valence-electron chi connectivity index (χ3n) is 5.01. The van der Waals surface area contributed by atoms with Crippen molar-refractivity contribution >= 4 is 22.4 Å². The number of methoxy groups -OCH3 is 1. The van der Waals surface area contributed by atoms with Gasteiger partial charge in [-0.15, -0.1) is 0 Å². The Morgan fingerprint density at radius 3 is 2.46 bits per heavy atom. The van der Waals surface area contributed by atoms with Gasteiger partial charge in [-0.1, -0.05) is 6.07 Å². The molecule has 0 unspecified atom stereocenters. The summed E-state index contributed by atoms with van der Waals surface area (Å²) in [5.74, 6) is 0.777. The summed E-state index contributed by atoms with van der Waals surface area (Å²) >= 11 is 0. The smallest absolute Gasteiger partial charge is 0.433 e. The molecule has 6 nitrogen and oxygen atoms in total. The molecule has 0 spiro atoms. The minimum Gasteiger partial charge on any atom is -0.497 e. The maximum absolute atomic E-state index is 13.3. The molecule has 0 bridgehead atoms. The predicted molar refractivity (Wildman–Crippen MR) is 101 cm³/mol. The van der Waals surface area contributed by atoms with Crippen LogP contribution in [0, 0.1) is 6.92 Å². The number of aromatic nitrogens is 3. The molecular formula is C19H20F3N5O. The van der Waals surface area contributed by atoms with Crippen LogP contribution in [0.5, 0.6) is 5.75 Å². The zero-order chi connectivity index (χ0) is 19.9. The normalized spacial score (nSPS) is 15.3. The second-order valence-electron chi connectivity index (χ2n) is 6.75. The van der Waals surface area contributed by atoms with Crippen LogP contribution in [-0.4, -0.2) is 48.5 Å². The third-order valence-corrected chi connectivity index (χ3v) is 5.01. The van der Waals surface area contributed by atoms with E-state index in [2.05, 4.69) is 20.1 Å². The fraction of sp³-hybridized carbons (Fsp3) is 0.368. The standard InChI is InChI=1S/C19H20F3N5O/c1-12-17-15(11-16(19(20,21)22)23-18(17)25-24-12)27-8-6-26(7-9-27)13-4-3-5-14(10-13)28-2/h3-5,10-11H,6-9H2,1-2H3,(H,23,24,25). The second-order valence-corrected chi connectivity index (χ2v) is 6.75. The Balaban J connectivity index is 1.62. The molecular weight excluding hydrogens is 371 g/mol. The highest BCUT2D eigenvalue weighted by Gasteiger charge is 2.35. The molecule has 28 heavy (non-hydrogen) atoms. The van der Waals surface area contributed by atoms with E-state index in [-0.39, 0.29) is 5.65 Å². The number of aromatic amines is 1. The number of piperazine rings is 1. The van der Waals surface area contributed by atoms with Crippen molar-refractivity contribution in [1.82, 2.24) is 15.2 Å². The molecule has 3 heterocycles. The number of ether oxygens (including phenoxy) is 1. The molecule has 0 atom stereocenters. The van der Waals surface area contributed by atoms with Crippen LogP contribution in [0.3, 0.4) is 0 Å². The van der Waals surface area contributed by atoms with E-state index in [9.17, 15) is 13.2 Å². The fourth-order valence-electron chi connectivity index (χ4n) is 3.56. The third kappa shape index (κ3) is 3.32. The highest BCUT2D eigenvalue weighted by molar-refractivity contribution is 5.92. The monoisotopic (exact) mass is 391 g/mol. The largest absolute Gasteiger partial charge is 0.497 e. The van der Waals surface area contributed by atoms with E-state index in [1.807, 2.05) is 29.2 Å². The van der Waals surface area contributed by atoms with Gasteiger partial charge in [-0.3, -0.25) is 5.10 Å². The van der Waals surface area contributed by atoms with Gasteiger partial charge in [0.15, 0.2) is 5.65 Å². The number of rotatable bonds is 3. The number of alkyl halides is 3. The first-order valence-electron chi connectivity index (χ1n) is 8.93. The van der Waals surface area contributed by atoms with Crippen molar-refractivity contribution in [1.29, 1.82) is 0 Å². The first-order valence-corrected chi connectivity index (χ1v) is 8.93. The van der Waals surface area contributed by atoms with Crippen molar-refractivity contribution in [2.24, 2.45) is 0 Å². The molecule has 1 aliphatic heterocycles. The topological polar surface area (TPSA) is 57.3 Å². The lowest BCUT2D eigenvalue weighted by Crippen LogP contribution is -2.46. The summed E-state index contributed by atoms with van der Waals surface area (Å²) in [5.41, 5.74) is 1.44. The second kappa shape index (κ2) is 6.88. The number of halogens is 3. The first kappa shape index (κ1) is 18.4. The number of fused-ring (bicyclic) bond motifs is 1. The van der Waals surface area contributed by atoms with Crippen molar-refractivity contribution in [2.45, 2.75) is 13.1 Å². The summed E-state index contributed by atoms with van der Waals surface area (Å²) in [5, 5.41) is 7.34. The minimum absolute atomic E-state index is 0.0950. The van der Waals surface area contributed by atoms with Gasteiger partial charge in [0.25, 0.3) is 0 Å². The van der Waals surface area contributed by atoms with Crippen molar-refractivity contribution in [3.05, 3.63) is 41.7 Å². The molecule has 1 saturated heterocycles. The molecule has 0 saturated carbocycles. The molecule has 1 aromatic carbocycles. The molecule has 9 heteroatoms. The number of hydrogen-bond acceptors (Lipinski definition) is 5. The maximum atomic E-state index is 13.3. The van der Waals surface area contributed by atoms with E-state index in [1.54, 1.807) is 14.0 Å². The molecule has 1 N–H and O–H groups in total. The van der Waals surface area contributed by atoms with E-state index in [0.29, 0.717) is 42.9 Å². The van der Waals surface area contributed by atoms with Crippen LogP contribution in [0.25, 0.3) is 11.0 Å². The maximum Gasteiger partial charge on any atom is 0.433 e. The lowest BCUT2D eigenvalue weighted by atomic mass is 10.1. The summed E-state index contributed by atoms with van der Waals surface area (Å²) in [7, 11) is 1.62. The van der Waals surface area contributed by atoms with Gasteiger partial charge in [0.05, 0.1) is 18.2 Å². The molecule has 2 aromatic heterocycles. The van der Waals surface area contributed by atoms with E-state index < -0.39 is 11.9 Å². The number of pyridine rings is 1.